The summed E-state index contributed by atoms with van der Waals surface area (Å²) in [5.74, 6) is -0.330. The predicted octanol–water partition coefficient (Wildman–Crippen LogP) is 3.55. The van der Waals surface area contributed by atoms with Crippen LogP contribution in [0.1, 0.15) is 17.3 Å². The molecule has 2 aromatic heterocycles. The SMILES string of the molecule is CCOC(=O)c1ccc2[nH]c3cncc(Cl)c3c2c1. The van der Waals surface area contributed by atoms with Crippen LogP contribution in [0.4, 0.5) is 0 Å². The fraction of sp³-hybridized carbons (Fsp3) is 0.143. The van der Waals surface area contributed by atoms with E-state index < -0.39 is 0 Å². The van der Waals surface area contributed by atoms with Gasteiger partial charge in [0.2, 0.25) is 0 Å². The van der Waals surface area contributed by atoms with Crippen molar-refractivity contribution in [2.24, 2.45) is 0 Å². The number of hydrogen-bond acceptors (Lipinski definition) is 3. The fourth-order valence-electron chi connectivity index (χ4n) is 2.15. The van der Waals surface area contributed by atoms with Gasteiger partial charge in [-0.1, -0.05) is 11.6 Å². The van der Waals surface area contributed by atoms with Gasteiger partial charge in [0.05, 0.1) is 28.9 Å². The Bertz CT molecular complexity index is 780. The lowest BCUT2D eigenvalue weighted by Gasteiger charge is -2.01. The third-order valence-electron chi connectivity index (χ3n) is 2.97. The Morgan fingerprint density at radius 3 is 3.00 bits per heavy atom. The van der Waals surface area contributed by atoms with Crippen molar-refractivity contribution in [2.75, 3.05) is 6.61 Å². The number of H-pyrrole nitrogens is 1. The highest BCUT2D eigenvalue weighted by atomic mass is 35.5. The minimum absolute atomic E-state index is 0.330. The molecule has 0 fully saturated rings. The van der Waals surface area contributed by atoms with Gasteiger partial charge < -0.3 is 9.72 Å². The number of benzene rings is 1. The van der Waals surface area contributed by atoms with Crippen LogP contribution in [0.2, 0.25) is 5.02 Å². The molecule has 5 heteroatoms. The molecule has 3 aromatic rings. The summed E-state index contributed by atoms with van der Waals surface area (Å²) in [6, 6.07) is 5.37. The lowest BCUT2D eigenvalue weighted by atomic mass is 10.1. The van der Waals surface area contributed by atoms with E-state index >= 15 is 0 Å². The number of nitrogens with one attached hydrogen (secondary N) is 1. The molecule has 96 valence electrons. The number of carbonyl (C=O) groups is 1. The first kappa shape index (κ1) is 12.0. The molecule has 3 rings (SSSR count). The number of aromatic nitrogens is 2. The second-order valence-corrected chi connectivity index (χ2v) is 4.56. The van der Waals surface area contributed by atoms with E-state index in [-0.39, 0.29) is 5.97 Å². The molecular formula is C14H11ClN2O2. The Morgan fingerprint density at radius 1 is 1.37 bits per heavy atom. The van der Waals surface area contributed by atoms with Gasteiger partial charge in [0.15, 0.2) is 0 Å². The van der Waals surface area contributed by atoms with Crippen LogP contribution < -0.4 is 0 Å². The molecule has 1 N–H and O–H groups in total. The van der Waals surface area contributed by atoms with Gasteiger partial charge in [-0.05, 0) is 25.1 Å². The summed E-state index contributed by atoms with van der Waals surface area (Å²) in [4.78, 5) is 19.0. The molecule has 0 bridgehead atoms. The van der Waals surface area contributed by atoms with Crippen LogP contribution >= 0.6 is 11.6 Å². The molecule has 0 amide bonds. The van der Waals surface area contributed by atoms with Crippen molar-refractivity contribution in [1.29, 1.82) is 0 Å². The number of hydrogen-bond donors (Lipinski definition) is 1. The molecule has 0 spiro atoms. The zero-order valence-electron chi connectivity index (χ0n) is 10.2. The molecule has 0 saturated carbocycles. The van der Waals surface area contributed by atoms with Crippen molar-refractivity contribution in [3.8, 4) is 0 Å². The molecule has 19 heavy (non-hydrogen) atoms. The van der Waals surface area contributed by atoms with Crippen LogP contribution in [-0.4, -0.2) is 22.5 Å². The first-order chi connectivity index (χ1) is 9.20. The van der Waals surface area contributed by atoms with Gasteiger partial charge in [-0.2, -0.15) is 0 Å². The van der Waals surface area contributed by atoms with E-state index in [4.69, 9.17) is 16.3 Å². The highest BCUT2D eigenvalue weighted by Crippen LogP contribution is 2.31. The van der Waals surface area contributed by atoms with E-state index in [2.05, 4.69) is 9.97 Å². The number of rotatable bonds is 2. The molecule has 0 radical (unpaired) electrons. The van der Waals surface area contributed by atoms with E-state index in [0.29, 0.717) is 17.2 Å². The van der Waals surface area contributed by atoms with Crippen LogP contribution in [0.15, 0.2) is 30.6 Å². The molecule has 1 aromatic carbocycles. The summed E-state index contributed by atoms with van der Waals surface area (Å²) < 4.78 is 5.00. The highest BCUT2D eigenvalue weighted by molar-refractivity contribution is 6.37. The van der Waals surface area contributed by atoms with Crippen molar-refractivity contribution in [2.45, 2.75) is 6.92 Å². The summed E-state index contributed by atoms with van der Waals surface area (Å²) in [5.41, 5.74) is 2.28. The Morgan fingerprint density at radius 2 is 2.21 bits per heavy atom. The van der Waals surface area contributed by atoms with Gasteiger partial charge in [-0.3, -0.25) is 4.98 Å². The summed E-state index contributed by atoms with van der Waals surface area (Å²) in [6.45, 7) is 2.14. The highest BCUT2D eigenvalue weighted by Gasteiger charge is 2.12. The molecule has 4 nitrogen and oxygen atoms in total. The van der Waals surface area contributed by atoms with Gasteiger partial charge in [0.25, 0.3) is 0 Å². The molecule has 0 aliphatic carbocycles. The molecule has 0 aliphatic rings. The van der Waals surface area contributed by atoms with E-state index in [0.717, 1.165) is 21.8 Å². The summed E-state index contributed by atoms with van der Waals surface area (Å²) in [6.07, 6.45) is 3.31. The normalized spacial score (nSPS) is 11.1. The number of esters is 1. The van der Waals surface area contributed by atoms with E-state index in [9.17, 15) is 4.79 Å². The lowest BCUT2D eigenvalue weighted by Crippen LogP contribution is -2.03. The largest absolute Gasteiger partial charge is 0.462 e. The average Bonchev–Trinajstić information content (AvgIpc) is 2.77. The van der Waals surface area contributed by atoms with E-state index in [1.54, 1.807) is 31.5 Å². The standard InChI is InChI=1S/C14H11ClN2O2/c1-2-19-14(18)8-3-4-11-9(5-8)13-10(15)6-16-7-12(13)17-11/h3-7,17H,2H2,1H3. The first-order valence-corrected chi connectivity index (χ1v) is 6.30. The van der Waals surface area contributed by atoms with E-state index in [1.807, 2.05) is 6.07 Å². The maximum atomic E-state index is 11.8. The number of pyridine rings is 1. The Hall–Kier alpha value is -2.07. The van der Waals surface area contributed by atoms with Gasteiger partial charge >= 0.3 is 5.97 Å². The minimum Gasteiger partial charge on any atom is -0.462 e. The maximum Gasteiger partial charge on any atom is 0.338 e. The number of nitrogens with zero attached hydrogens (tertiary/aromatic N) is 1. The second-order valence-electron chi connectivity index (χ2n) is 4.15. The number of ether oxygens (including phenoxy) is 1. The molecule has 0 saturated heterocycles. The van der Waals surface area contributed by atoms with Gasteiger partial charge in [-0.25, -0.2) is 4.79 Å². The summed E-state index contributed by atoms with van der Waals surface area (Å²) >= 11 is 6.17. The fourth-order valence-corrected chi connectivity index (χ4v) is 2.41. The monoisotopic (exact) mass is 274 g/mol. The van der Waals surface area contributed by atoms with Crippen molar-refractivity contribution in [3.05, 3.63) is 41.2 Å². The molecule has 0 atom stereocenters. The number of aromatic amines is 1. The topological polar surface area (TPSA) is 55.0 Å². The third-order valence-corrected chi connectivity index (χ3v) is 3.26. The molecule has 2 heterocycles. The minimum atomic E-state index is -0.330. The molecule has 0 aliphatic heterocycles. The third kappa shape index (κ3) is 1.94. The predicted molar refractivity (Wildman–Crippen MR) is 74.6 cm³/mol. The summed E-state index contributed by atoms with van der Waals surface area (Å²) in [7, 11) is 0. The van der Waals surface area contributed by atoms with Gasteiger partial charge in [-0.15, -0.1) is 0 Å². The Kier molecular flexibility index (Phi) is 2.87. The van der Waals surface area contributed by atoms with Crippen LogP contribution in [0.5, 0.6) is 0 Å². The van der Waals surface area contributed by atoms with Crippen LogP contribution in [0, 0.1) is 0 Å². The second kappa shape index (κ2) is 4.55. The van der Waals surface area contributed by atoms with E-state index in [1.165, 1.54) is 0 Å². The Balaban J connectivity index is 2.26. The number of carbonyl (C=O) groups excluding carboxylic acids is 1. The van der Waals surface area contributed by atoms with Crippen molar-refractivity contribution in [3.63, 3.8) is 0 Å². The average molecular weight is 275 g/mol. The lowest BCUT2D eigenvalue weighted by molar-refractivity contribution is 0.0526. The molecule has 0 unspecified atom stereocenters. The Labute approximate surface area is 114 Å². The zero-order valence-corrected chi connectivity index (χ0v) is 11.0. The smallest absolute Gasteiger partial charge is 0.338 e. The quantitative estimate of drug-likeness (QED) is 0.727. The van der Waals surface area contributed by atoms with Crippen LogP contribution in [0.3, 0.4) is 0 Å². The van der Waals surface area contributed by atoms with Crippen LogP contribution in [-0.2, 0) is 4.74 Å². The first-order valence-electron chi connectivity index (χ1n) is 5.92. The van der Waals surface area contributed by atoms with Gasteiger partial charge in [0, 0.05) is 22.5 Å². The summed E-state index contributed by atoms with van der Waals surface area (Å²) in [5, 5.41) is 2.33. The van der Waals surface area contributed by atoms with Crippen LogP contribution in [0.25, 0.3) is 21.8 Å². The van der Waals surface area contributed by atoms with Crippen molar-refractivity contribution in [1.82, 2.24) is 9.97 Å². The maximum absolute atomic E-state index is 11.8. The number of halogens is 1. The zero-order chi connectivity index (χ0) is 13.4. The van der Waals surface area contributed by atoms with Crippen molar-refractivity contribution < 1.29 is 9.53 Å². The van der Waals surface area contributed by atoms with Gasteiger partial charge in [0.1, 0.15) is 0 Å². The van der Waals surface area contributed by atoms with Crippen molar-refractivity contribution >= 4 is 39.4 Å². The molecular weight excluding hydrogens is 264 g/mol. The number of fused-ring (bicyclic) bond motifs is 3.